The quantitative estimate of drug-likeness (QED) is 0.854. The normalized spacial score (nSPS) is 10.3. The van der Waals surface area contributed by atoms with Gasteiger partial charge in [-0.25, -0.2) is 0 Å². The second-order valence-corrected chi connectivity index (χ2v) is 4.62. The van der Waals surface area contributed by atoms with Gasteiger partial charge in [-0.3, -0.25) is 0 Å². The van der Waals surface area contributed by atoms with Gasteiger partial charge in [-0.15, -0.1) is 0 Å². The molecule has 0 aromatic heterocycles. The SMILES string of the molecule is CNc1ccc(Cc2cccc(Cl)c2Cl)cc1. The minimum absolute atomic E-state index is 0.607. The van der Waals surface area contributed by atoms with Crippen molar-refractivity contribution in [2.24, 2.45) is 0 Å². The minimum Gasteiger partial charge on any atom is -0.388 e. The smallest absolute Gasteiger partial charge is 0.0627 e. The molecule has 2 aromatic carbocycles. The Hall–Kier alpha value is -1.18. The highest BCUT2D eigenvalue weighted by Crippen LogP contribution is 2.27. The number of benzene rings is 2. The molecule has 0 saturated carbocycles. The summed E-state index contributed by atoms with van der Waals surface area (Å²) in [6.07, 6.45) is 0.795. The molecule has 0 fully saturated rings. The van der Waals surface area contributed by atoms with E-state index >= 15 is 0 Å². The summed E-state index contributed by atoms with van der Waals surface area (Å²) in [7, 11) is 1.91. The highest BCUT2D eigenvalue weighted by molar-refractivity contribution is 6.42. The summed E-state index contributed by atoms with van der Waals surface area (Å²) in [5, 5.41) is 4.34. The summed E-state index contributed by atoms with van der Waals surface area (Å²) in [5.41, 5.74) is 3.37. The fraction of sp³-hybridized carbons (Fsp3) is 0.143. The van der Waals surface area contributed by atoms with E-state index in [9.17, 15) is 0 Å². The number of anilines is 1. The lowest BCUT2D eigenvalue weighted by Crippen LogP contribution is -1.91. The maximum Gasteiger partial charge on any atom is 0.0627 e. The van der Waals surface area contributed by atoms with Crippen LogP contribution in [0.3, 0.4) is 0 Å². The van der Waals surface area contributed by atoms with Gasteiger partial charge < -0.3 is 5.32 Å². The van der Waals surface area contributed by atoms with Crippen molar-refractivity contribution in [1.29, 1.82) is 0 Å². The first-order valence-electron chi connectivity index (χ1n) is 5.40. The van der Waals surface area contributed by atoms with Gasteiger partial charge in [0.2, 0.25) is 0 Å². The first-order chi connectivity index (χ1) is 8.20. The van der Waals surface area contributed by atoms with Gasteiger partial charge in [0.15, 0.2) is 0 Å². The van der Waals surface area contributed by atoms with Crippen molar-refractivity contribution in [2.75, 3.05) is 12.4 Å². The molecule has 0 aliphatic carbocycles. The van der Waals surface area contributed by atoms with Gasteiger partial charge in [0.25, 0.3) is 0 Å². The second kappa shape index (κ2) is 5.44. The molecule has 88 valence electrons. The topological polar surface area (TPSA) is 12.0 Å². The molecule has 2 rings (SSSR count). The summed E-state index contributed by atoms with van der Waals surface area (Å²) in [6, 6.07) is 14.0. The molecule has 2 aromatic rings. The summed E-state index contributed by atoms with van der Waals surface area (Å²) in [4.78, 5) is 0. The van der Waals surface area contributed by atoms with E-state index in [1.807, 2.05) is 31.3 Å². The number of hydrogen-bond donors (Lipinski definition) is 1. The van der Waals surface area contributed by atoms with E-state index in [2.05, 4.69) is 17.4 Å². The molecule has 1 N–H and O–H groups in total. The van der Waals surface area contributed by atoms with E-state index in [1.165, 1.54) is 5.56 Å². The van der Waals surface area contributed by atoms with Crippen LogP contribution in [0.25, 0.3) is 0 Å². The van der Waals surface area contributed by atoms with Crippen LogP contribution >= 0.6 is 23.2 Å². The molecule has 0 saturated heterocycles. The second-order valence-electron chi connectivity index (χ2n) is 3.84. The molecule has 0 aliphatic heterocycles. The Bertz CT molecular complexity index is 506. The maximum absolute atomic E-state index is 6.16. The van der Waals surface area contributed by atoms with E-state index in [0.29, 0.717) is 10.0 Å². The molecule has 0 bridgehead atoms. The van der Waals surface area contributed by atoms with Crippen molar-refractivity contribution in [2.45, 2.75) is 6.42 Å². The Morgan fingerprint density at radius 3 is 2.35 bits per heavy atom. The lowest BCUT2D eigenvalue weighted by atomic mass is 10.0. The Morgan fingerprint density at radius 1 is 1.00 bits per heavy atom. The molecule has 0 spiro atoms. The van der Waals surface area contributed by atoms with Gasteiger partial charge in [-0.05, 0) is 35.7 Å². The van der Waals surface area contributed by atoms with Gasteiger partial charge in [0.1, 0.15) is 0 Å². The molecular formula is C14H13Cl2N. The maximum atomic E-state index is 6.16. The molecule has 0 heterocycles. The van der Waals surface area contributed by atoms with Crippen molar-refractivity contribution in [1.82, 2.24) is 0 Å². The summed E-state index contributed by atoms with van der Waals surface area (Å²) in [5.74, 6) is 0. The number of hydrogen-bond acceptors (Lipinski definition) is 1. The van der Waals surface area contributed by atoms with E-state index in [4.69, 9.17) is 23.2 Å². The zero-order valence-electron chi connectivity index (χ0n) is 9.50. The van der Waals surface area contributed by atoms with Crippen molar-refractivity contribution in [3.05, 3.63) is 63.6 Å². The Balaban J connectivity index is 2.22. The van der Waals surface area contributed by atoms with E-state index in [0.717, 1.165) is 17.7 Å². The van der Waals surface area contributed by atoms with Crippen LogP contribution in [0.15, 0.2) is 42.5 Å². The molecule has 0 aliphatic rings. The fourth-order valence-electron chi connectivity index (χ4n) is 1.69. The minimum atomic E-state index is 0.607. The summed E-state index contributed by atoms with van der Waals surface area (Å²) >= 11 is 12.1. The third-order valence-corrected chi connectivity index (χ3v) is 3.53. The standard InChI is InChI=1S/C14H13Cl2N/c1-17-12-7-5-10(6-8-12)9-11-3-2-4-13(15)14(11)16/h2-8,17H,9H2,1H3. The lowest BCUT2D eigenvalue weighted by Gasteiger charge is -2.07. The molecular weight excluding hydrogens is 253 g/mol. The fourth-order valence-corrected chi connectivity index (χ4v) is 2.08. The van der Waals surface area contributed by atoms with Crippen molar-refractivity contribution < 1.29 is 0 Å². The van der Waals surface area contributed by atoms with Crippen LogP contribution < -0.4 is 5.32 Å². The molecule has 0 unspecified atom stereocenters. The largest absolute Gasteiger partial charge is 0.388 e. The summed E-state index contributed by atoms with van der Waals surface area (Å²) in [6.45, 7) is 0. The third kappa shape index (κ3) is 2.93. The van der Waals surface area contributed by atoms with Crippen LogP contribution in [-0.4, -0.2) is 7.05 Å². The van der Waals surface area contributed by atoms with Crippen molar-refractivity contribution in [3.8, 4) is 0 Å². The molecule has 3 heteroatoms. The molecule has 1 nitrogen and oxygen atoms in total. The zero-order chi connectivity index (χ0) is 12.3. The number of nitrogens with one attached hydrogen (secondary N) is 1. The van der Waals surface area contributed by atoms with E-state index in [1.54, 1.807) is 6.07 Å². The Labute approximate surface area is 111 Å². The van der Waals surface area contributed by atoms with Crippen LogP contribution in [0.4, 0.5) is 5.69 Å². The van der Waals surface area contributed by atoms with Gasteiger partial charge in [0.05, 0.1) is 10.0 Å². The van der Waals surface area contributed by atoms with Crippen LogP contribution in [0, 0.1) is 0 Å². The monoisotopic (exact) mass is 265 g/mol. The zero-order valence-corrected chi connectivity index (χ0v) is 11.0. The third-order valence-electron chi connectivity index (χ3n) is 2.67. The lowest BCUT2D eigenvalue weighted by molar-refractivity contribution is 1.19. The predicted octanol–water partition coefficient (Wildman–Crippen LogP) is 4.63. The van der Waals surface area contributed by atoms with Crippen molar-refractivity contribution >= 4 is 28.9 Å². The van der Waals surface area contributed by atoms with Gasteiger partial charge in [-0.1, -0.05) is 47.5 Å². The Kier molecular flexibility index (Phi) is 3.93. The average molecular weight is 266 g/mol. The van der Waals surface area contributed by atoms with E-state index in [-0.39, 0.29) is 0 Å². The summed E-state index contributed by atoms with van der Waals surface area (Å²) < 4.78 is 0. The number of halogens is 2. The molecule has 0 atom stereocenters. The first kappa shape index (κ1) is 12.3. The van der Waals surface area contributed by atoms with Crippen LogP contribution in [0.5, 0.6) is 0 Å². The van der Waals surface area contributed by atoms with Crippen LogP contribution in [-0.2, 0) is 6.42 Å². The molecule has 17 heavy (non-hydrogen) atoms. The Morgan fingerprint density at radius 2 is 1.71 bits per heavy atom. The highest BCUT2D eigenvalue weighted by Gasteiger charge is 2.05. The first-order valence-corrected chi connectivity index (χ1v) is 6.16. The van der Waals surface area contributed by atoms with E-state index < -0.39 is 0 Å². The van der Waals surface area contributed by atoms with Crippen LogP contribution in [0.2, 0.25) is 10.0 Å². The van der Waals surface area contributed by atoms with Crippen molar-refractivity contribution in [3.63, 3.8) is 0 Å². The predicted molar refractivity (Wildman–Crippen MR) is 75.3 cm³/mol. The average Bonchev–Trinajstić information content (AvgIpc) is 2.36. The molecule has 0 amide bonds. The van der Waals surface area contributed by atoms with Gasteiger partial charge >= 0.3 is 0 Å². The molecule has 0 radical (unpaired) electrons. The highest BCUT2D eigenvalue weighted by atomic mass is 35.5. The van der Waals surface area contributed by atoms with Gasteiger partial charge in [-0.2, -0.15) is 0 Å². The van der Waals surface area contributed by atoms with Gasteiger partial charge in [0, 0.05) is 12.7 Å². The number of rotatable bonds is 3. The van der Waals surface area contributed by atoms with Crippen LogP contribution in [0.1, 0.15) is 11.1 Å².